The van der Waals surface area contributed by atoms with Crippen molar-refractivity contribution in [2.45, 2.75) is 124 Å². The molecular formula is C21H44. The normalized spacial score (nSPS) is 14.3. The molecule has 128 valence electrons. The van der Waals surface area contributed by atoms with E-state index in [2.05, 4.69) is 27.7 Å². The number of rotatable bonds is 16. The Hall–Kier alpha value is 0. The van der Waals surface area contributed by atoms with Gasteiger partial charge in [-0.25, -0.2) is 0 Å². The molecule has 0 fully saturated rings. The van der Waals surface area contributed by atoms with Crippen LogP contribution in [0, 0.1) is 11.8 Å². The Bertz CT molecular complexity index is 184. The second kappa shape index (κ2) is 16.4. The van der Waals surface area contributed by atoms with E-state index in [0.29, 0.717) is 0 Å². The Balaban J connectivity index is 3.40. The Labute approximate surface area is 136 Å². The van der Waals surface area contributed by atoms with Gasteiger partial charge in [-0.1, -0.05) is 124 Å². The lowest BCUT2D eigenvalue weighted by molar-refractivity contribution is 0.385. The van der Waals surface area contributed by atoms with Gasteiger partial charge in [0.25, 0.3) is 0 Å². The van der Waals surface area contributed by atoms with Crippen molar-refractivity contribution in [3.63, 3.8) is 0 Å². The summed E-state index contributed by atoms with van der Waals surface area (Å²) in [5, 5.41) is 0. The Morgan fingerprint density at radius 2 is 1.05 bits per heavy atom. The molecule has 0 aliphatic heterocycles. The van der Waals surface area contributed by atoms with Crippen molar-refractivity contribution in [1.29, 1.82) is 0 Å². The van der Waals surface area contributed by atoms with E-state index in [-0.39, 0.29) is 0 Å². The maximum atomic E-state index is 2.43. The zero-order valence-corrected chi connectivity index (χ0v) is 15.8. The van der Waals surface area contributed by atoms with Crippen LogP contribution in [0.25, 0.3) is 0 Å². The number of hydrogen-bond acceptors (Lipinski definition) is 0. The number of hydrogen-bond donors (Lipinski definition) is 0. The molecule has 0 saturated carbocycles. The molecule has 0 rings (SSSR count). The van der Waals surface area contributed by atoms with Gasteiger partial charge in [0.15, 0.2) is 0 Å². The molecule has 0 heterocycles. The zero-order chi connectivity index (χ0) is 15.8. The summed E-state index contributed by atoms with van der Waals surface area (Å²) in [4.78, 5) is 0. The highest BCUT2D eigenvalue weighted by atomic mass is 14.1. The standard InChI is InChI=1S/C21H44/c1-5-8-9-10-11-14-18-21(7-3)19-15-12-13-17-20(4)16-6-2/h20-21H,5-19H2,1-4H3. The van der Waals surface area contributed by atoms with Crippen LogP contribution in [0.3, 0.4) is 0 Å². The summed E-state index contributed by atoms with van der Waals surface area (Å²) in [5.41, 5.74) is 0. The highest BCUT2D eigenvalue weighted by Crippen LogP contribution is 2.22. The van der Waals surface area contributed by atoms with Gasteiger partial charge >= 0.3 is 0 Å². The van der Waals surface area contributed by atoms with Crippen molar-refractivity contribution in [1.82, 2.24) is 0 Å². The van der Waals surface area contributed by atoms with Gasteiger partial charge in [0, 0.05) is 0 Å². The minimum atomic E-state index is 0.958. The van der Waals surface area contributed by atoms with E-state index >= 15 is 0 Å². The summed E-state index contributed by atoms with van der Waals surface area (Å²) >= 11 is 0. The van der Waals surface area contributed by atoms with Gasteiger partial charge in [0.1, 0.15) is 0 Å². The predicted octanol–water partition coefficient (Wildman–Crippen LogP) is 8.15. The van der Waals surface area contributed by atoms with Gasteiger partial charge in [-0.2, -0.15) is 0 Å². The van der Waals surface area contributed by atoms with Crippen LogP contribution in [-0.2, 0) is 0 Å². The van der Waals surface area contributed by atoms with Gasteiger partial charge in [-0.3, -0.25) is 0 Å². The first kappa shape index (κ1) is 21.0. The van der Waals surface area contributed by atoms with Crippen LogP contribution >= 0.6 is 0 Å². The molecule has 0 nitrogen and oxygen atoms in total. The zero-order valence-electron chi connectivity index (χ0n) is 15.8. The van der Waals surface area contributed by atoms with Gasteiger partial charge in [0.05, 0.1) is 0 Å². The largest absolute Gasteiger partial charge is 0.0654 e. The molecule has 0 heteroatoms. The van der Waals surface area contributed by atoms with Crippen LogP contribution in [-0.4, -0.2) is 0 Å². The van der Waals surface area contributed by atoms with E-state index in [9.17, 15) is 0 Å². The molecule has 0 aromatic heterocycles. The third kappa shape index (κ3) is 14.7. The van der Waals surface area contributed by atoms with Gasteiger partial charge < -0.3 is 0 Å². The predicted molar refractivity (Wildman–Crippen MR) is 98.9 cm³/mol. The molecule has 0 saturated heterocycles. The van der Waals surface area contributed by atoms with Crippen LogP contribution in [0.4, 0.5) is 0 Å². The van der Waals surface area contributed by atoms with Crippen LogP contribution in [0.5, 0.6) is 0 Å². The molecule has 0 N–H and O–H groups in total. The highest BCUT2D eigenvalue weighted by molar-refractivity contribution is 4.60. The highest BCUT2D eigenvalue weighted by Gasteiger charge is 2.06. The summed E-state index contributed by atoms with van der Waals surface area (Å²) in [5.74, 6) is 1.98. The Kier molecular flexibility index (Phi) is 16.4. The maximum absolute atomic E-state index is 2.43. The number of unbranched alkanes of at least 4 members (excludes halogenated alkanes) is 7. The van der Waals surface area contributed by atoms with Crippen molar-refractivity contribution in [2.24, 2.45) is 11.8 Å². The van der Waals surface area contributed by atoms with Gasteiger partial charge in [0.2, 0.25) is 0 Å². The average Bonchev–Trinajstić information content (AvgIpc) is 2.48. The van der Waals surface area contributed by atoms with Crippen molar-refractivity contribution < 1.29 is 0 Å². The second-order valence-electron chi connectivity index (χ2n) is 7.36. The first-order valence-electron chi connectivity index (χ1n) is 10.2. The van der Waals surface area contributed by atoms with E-state index in [4.69, 9.17) is 0 Å². The second-order valence-corrected chi connectivity index (χ2v) is 7.36. The SMILES string of the molecule is CCCCCCCCC(CC)CCCCCC(C)CCC. The topological polar surface area (TPSA) is 0 Å². The van der Waals surface area contributed by atoms with E-state index < -0.39 is 0 Å². The fourth-order valence-electron chi connectivity index (χ4n) is 3.51. The smallest absolute Gasteiger partial charge is 0.0417 e. The molecule has 0 bridgehead atoms. The van der Waals surface area contributed by atoms with Crippen LogP contribution < -0.4 is 0 Å². The quantitative estimate of drug-likeness (QED) is 0.252. The molecule has 0 aromatic carbocycles. The summed E-state index contributed by atoms with van der Waals surface area (Å²) in [6.07, 6.45) is 21.8. The van der Waals surface area contributed by atoms with E-state index in [1.54, 1.807) is 0 Å². The fraction of sp³-hybridized carbons (Fsp3) is 1.00. The lowest BCUT2D eigenvalue weighted by Crippen LogP contribution is -2.00. The van der Waals surface area contributed by atoms with Crippen LogP contribution in [0.1, 0.15) is 124 Å². The molecule has 0 amide bonds. The van der Waals surface area contributed by atoms with E-state index in [1.807, 2.05) is 0 Å². The minimum absolute atomic E-state index is 0.958. The molecular weight excluding hydrogens is 252 g/mol. The third-order valence-corrected chi connectivity index (χ3v) is 5.13. The minimum Gasteiger partial charge on any atom is -0.0654 e. The molecule has 2 atom stereocenters. The fourth-order valence-corrected chi connectivity index (χ4v) is 3.51. The van der Waals surface area contributed by atoms with Gasteiger partial charge in [-0.05, 0) is 11.8 Å². The van der Waals surface area contributed by atoms with Crippen molar-refractivity contribution in [3.8, 4) is 0 Å². The summed E-state index contributed by atoms with van der Waals surface area (Å²) < 4.78 is 0. The average molecular weight is 297 g/mol. The molecule has 0 aromatic rings. The van der Waals surface area contributed by atoms with Crippen molar-refractivity contribution in [2.75, 3.05) is 0 Å². The summed E-state index contributed by atoms with van der Waals surface area (Å²) in [7, 11) is 0. The van der Waals surface area contributed by atoms with Gasteiger partial charge in [-0.15, -0.1) is 0 Å². The maximum Gasteiger partial charge on any atom is -0.0417 e. The monoisotopic (exact) mass is 296 g/mol. The molecule has 2 unspecified atom stereocenters. The van der Waals surface area contributed by atoms with Crippen LogP contribution in [0.15, 0.2) is 0 Å². The molecule has 0 radical (unpaired) electrons. The summed E-state index contributed by atoms with van der Waals surface area (Å²) in [6.45, 7) is 9.43. The first-order valence-corrected chi connectivity index (χ1v) is 10.2. The van der Waals surface area contributed by atoms with E-state index in [0.717, 1.165) is 11.8 Å². The van der Waals surface area contributed by atoms with Crippen LogP contribution in [0.2, 0.25) is 0 Å². The lowest BCUT2D eigenvalue weighted by atomic mass is 9.91. The Morgan fingerprint density at radius 3 is 1.62 bits per heavy atom. The molecule has 0 aliphatic rings. The first-order chi connectivity index (χ1) is 10.2. The van der Waals surface area contributed by atoms with Crippen molar-refractivity contribution >= 4 is 0 Å². The van der Waals surface area contributed by atoms with E-state index in [1.165, 1.54) is 96.3 Å². The Morgan fingerprint density at radius 1 is 0.524 bits per heavy atom. The third-order valence-electron chi connectivity index (χ3n) is 5.13. The lowest BCUT2D eigenvalue weighted by Gasteiger charge is -2.15. The molecule has 0 spiro atoms. The summed E-state index contributed by atoms with van der Waals surface area (Å²) in [6, 6.07) is 0. The molecule has 0 aliphatic carbocycles. The van der Waals surface area contributed by atoms with Crippen molar-refractivity contribution in [3.05, 3.63) is 0 Å². The molecule has 21 heavy (non-hydrogen) atoms.